The van der Waals surface area contributed by atoms with Crippen LogP contribution >= 0.6 is 12.2 Å². The Morgan fingerprint density at radius 2 is 2.45 bits per heavy atom. The first-order valence-corrected chi connectivity index (χ1v) is 3.45. The van der Waals surface area contributed by atoms with E-state index in [2.05, 4.69) is 20.3 Å². The molecule has 0 aliphatic heterocycles. The number of nitrogens with zero attached hydrogens (tertiary/aromatic N) is 4. The minimum atomic E-state index is 0.461. The fourth-order valence-corrected chi connectivity index (χ4v) is 1.05. The van der Waals surface area contributed by atoms with Crippen molar-refractivity contribution in [1.82, 2.24) is 24.8 Å². The van der Waals surface area contributed by atoms with Crippen LogP contribution in [0.4, 0.5) is 0 Å². The van der Waals surface area contributed by atoms with Crippen LogP contribution in [0.1, 0.15) is 5.69 Å². The molecule has 0 atom stereocenters. The molecule has 0 bridgehead atoms. The van der Waals surface area contributed by atoms with Gasteiger partial charge in [0.2, 0.25) is 4.77 Å². The van der Waals surface area contributed by atoms with Gasteiger partial charge in [0, 0.05) is 0 Å². The number of fused-ring (bicyclic) bond motifs is 1. The van der Waals surface area contributed by atoms with Gasteiger partial charge in [-0.3, -0.25) is 5.10 Å². The largest absolute Gasteiger partial charge is 0.252 e. The highest BCUT2D eigenvalue weighted by molar-refractivity contribution is 7.71. The Kier molecular flexibility index (Phi) is 1.22. The van der Waals surface area contributed by atoms with Crippen LogP contribution in [-0.2, 0) is 0 Å². The van der Waals surface area contributed by atoms with E-state index in [0.29, 0.717) is 10.4 Å². The van der Waals surface area contributed by atoms with Crippen LogP contribution in [0.5, 0.6) is 0 Å². The third-order valence-electron chi connectivity index (χ3n) is 1.38. The molecule has 6 heteroatoms. The normalized spacial score (nSPS) is 10.6. The van der Waals surface area contributed by atoms with Crippen LogP contribution in [-0.4, -0.2) is 24.8 Å². The van der Waals surface area contributed by atoms with Gasteiger partial charge in [-0.1, -0.05) is 0 Å². The zero-order chi connectivity index (χ0) is 7.84. The molecule has 0 aromatic carbocycles. The molecule has 56 valence electrons. The van der Waals surface area contributed by atoms with Gasteiger partial charge in [-0.15, -0.1) is 0 Å². The van der Waals surface area contributed by atoms with Gasteiger partial charge >= 0.3 is 0 Å². The van der Waals surface area contributed by atoms with E-state index >= 15 is 0 Å². The molecular weight excluding hydrogens is 162 g/mol. The summed E-state index contributed by atoms with van der Waals surface area (Å²) in [5, 5.41) is 10.5. The lowest BCUT2D eigenvalue weighted by atomic mass is 10.5. The molecule has 2 heterocycles. The maximum Gasteiger partial charge on any atom is 0.216 e. The van der Waals surface area contributed by atoms with Crippen LogP contribution in [0.15, 0.2) is 6.33 Å². The predicted octanol–water partition coefficient (Wildman–Crippen LogP) is 0.490. The van der Waals surface area contributed by atoms with Gasteiger partial charge in [0.15, 0.2) is 5.65 Å². The zero-order valence-corrected chi connectivity index (χ0v) is 6.59. The topological polar surface area (TPSA) is 58.9 Å². The molecule has 0 fully saturated rings. The number of aromatic amines is 1. The van der Waals surface area contributed by atoms with Crippen LogP contribution in [0.25, 0.3) is 5.65 Å². The van der Waals surface area contributed by atoms with Crippen LogP contribution in [0.2, 0.25) is 0 Å². The van der Waals surface area contributed by atoms with Gasteiger partial charge in [-0.25, -0.2) is 4.98 Å². The van der Waals surface area contributed by atoms with Crippen molar-refractivity contribution in [3.63, 3.8) is 0 Å². The number of rotatable bonds is 0. The third-order valence-corrected chi connectivity index (χ3v) is 1.65. The van der Waals surface area contributed by atoms with Crippen LogP contribution < -0.4 is 0 Å². The molecule has 11 heavy (non-hydrogen) atoms. The minimum Gasteiger partial charge on any atom is -0.252 e. The van der Waals surface area contributed by atoms with Gasteiger partial charge < -0.3 is 0 Å². The van der Waals surface area contributed by atoms with Gasteiger partial charge in [0.25, 0.3) is 0 Å². The molecule has 1 N–H and O–H groups in total. The highest BCUT2D eigenvalue weighted by Crippen LogP contribution is 1.99. The van der Waals surface area contributed by atoms with Gasteiger partial charge in [0.05, 0.1) is 0 Å². The van der Waals surface area contributed by atoms with Crippen molar-refractivity contribution in [1.29, 1.82) is 0 Å². The summed E-state index contributed by atoms with van der Waals surface area (Å²) < 4.78 is 2.00. The molecule has 0 saturated heterocycles. The minimum absolute atomic E-state index is 0.461. The number of hydrogen-bond acceptors (Lipinski definition) is 4. The van der Waals surface area contributed by atoms with Crippen molar-refractivity contribution < 1.29 is 0 Å². The Labute approximate surface area is 67.1 Å². The predicted molar refractivity (Wildman–Crippen MR) is 40.7 cm³/mol. The molecule has 0 unspecified atom stereocenters. The van der Waals surface area contributed by atoms with Crippen LogP contribution in [0.3, 0.4) is 0 Å². The Bertz CT molecular complexity index is 441. The Hall–Kier alpha value is -1.30. The van der Waals surface area contributed by atoms with E-state index in [1.54, 1.807) is 0 Å². The fraction of sp³-hybridized carbons (Fsp3) is 0.200. The Balaban J connectivity index is 3.08. The second-order valence-electron chi connectivity index (χ2n) is 2.11. The standard InChI is InChI=1S/C5H5N5S/c1-3-4-6-2-7-10(4)5(11)9-8-3/h2H,1H3,(H,9,11). The highest BCUT2D eigenvalue weighted by atomic mass is 32.1. The van der Waals surface area contributed by atoms with Gasteiger partial charge in [-0.05, 0) is 19.1 Å². The molecule has 2 rings (SSSR count). The Morgan fingerprint density at radius 1 is 1.64 bits per heavy atom. The second kappa shape index (κ2) is 2.09. The number of hydrogen-bond donors (Lipinski definition) is 1. The lowest BCUT2D eigenvalue weighted by molar-refractivity contribution is 0.825. The molecular formula is C5H5N5S. The monoisotopic (exact) mass is 167 g/mol. The Morgan fingerprint density at radius 3 is 3.18 bits per heavy atom. The molecule has 2 aromatic heterocycles. The summed E-state index contributed by atoms with van der Waals surface area (Å²) in [6.07, 6.45) is 1.45. The first-order valence-electron chi connectivity index (χ1n) is 3.04. The van der Waals surface area contributed by atoms with Crippen LogP contribution in [0, 0.1) is 11.7 Å². The molecule has 0 aliphatic carbocycles. The molecule has 2 aromatic rings. The van der Waals surface area contributed by atoms with E-state index in [0.717, 1.165) is 5.69 Å². The molecule has 0 aliphatic rings. The van der Waals surface area contributed by atoms with Crippen molar-refractivity contribution >= 4 is 17.9 Å². The molecule has 0 amide bonds. The molecule has 0 saturated carbocycles. The number of aryl methyl sites for hydroxylation is 1. The van der Waals surface area contributed by atoms with E-state index in [1.807, 2.05) is 6.92 Å². The van der Waals surface area contributed by atoms with Crippen molar-refractivity contribution in [2.24, 2.45) is 0 Å². The quantitative estimate of drug-likeness (QED) is 0.580. The van der Waals surface area contributed by atoms with Gasteiger partial charge in [0.1, 0.15) is 12.0 Å². The average Bonchev–Trinajstić information content (AvgIpc) is 2.45. The van der Waals surface area contributed by atoms with E-state index in [9.17, 15) is 0 Å². The number of H-pyrrole nitrogens is 1. The van der Waals surface area contributed by atoms with Gasteiger partial charge in [-0.2, -0.15) is 14.7 Å². The lowest BCUT2D eigenvalue weighted by Crippen LogP contribution is -1.98. The lowest BCUT2D eigenvalue weighted by Gasteiger charge is -1.92. The van der Waals surface area contributed by atoms with Crippen molar-refractivity contribution in [2.75, 3.05) is 0 Å². The summed E-state index contributed by atoms with van der Waals surface area (Å²) in [5.74, 6) is 0. The summed E-state index contributed by atoms with van der Waals surface area (Å²) >= 11 is 4.91. The number of nitrogens with one attached hydrogen (secondary N) is 1. The van der Waals surface area contributed by atoms with E-state index < -0.39 is 0 Å². The summed E-state index contributed by atoms with van der Waals surface area (Å²) in [6, 6.07) is 0. The fourth-order valence-electron chi connectivity index (χ4n) is 0.866. The van der Waals surface area contributed by atoms with E-state index in [1.165, 1.54) is 10.8 Å². The SMILES string of the molecule is Cc1n[nH]c(=S)n2ncnc12. The zero-order valence-electron chi connectivity index (χ0n) is 5.77. The summed E-state index contributed by atoms with van der Waals surface area (Å²) in [5.41, 5.74) is 1.49. The smallest absolute Gasteiger partial charge is 0.216 e. The first kappa shape index (κ1) is 6.41. The molecule has 0 spiro atoms. The molecule has 5 nitrogen and oxygen atoms in total. The summed E-state index contributed by atoms with van der Waals surface area (Å²) in [6.45, 7) is 1.84. The third kappa shape index (κ3) is 0.829. The highest BCUT2D eigenvalue weighted by Gasteiger charge is 1.99. The van der Waals surface area contributed by atoms with E-state index in [4.69, 9.17) is 12.2 Å². The number of aromatic nitrogens is 5. The maximum absolute atomic E-state index is 4.91. The van der Waals surface area contributed by atoms with Crippen molar-refractivity contribution in [3.05, 3.63) is 16.8 Å². The maximum atomic E-state index is 4.91. The average molecular weight is 167 g/mol. The second-order valence-corrected chi connectivity index (χ2v) is 2.50. The first-order chi connectivity index (χ1) is 5.29. The van der Waals surface area contributed by atoms with E-state index in [-0.39, 0.29) is 0 Å². The van der Waals surface area contributed by atoms with Crippen molar-refractivity contribution in [3.8, 4) is 0 Å². The van der Waals surface area contributed by atoms with Crippen molar-refractivity contribution in [2.45, 2.75) is 6.92 Å². The summed E-state index contributed by atoms with van der Waals surface area (Å²) in [7, 11) is 0. The molecule has 0 radical (unpaired) electrons. The summed E-state index contributed by atoms with van der Waals surface area (Å²) in [4.78, 5) is 3.98.